The van der Waals surface area contributed by atoms with E-state index < -0.39 is 0 Å². The van der Waals surface area contributed by atoms with Gasteiger partial charge >= 0.3 is 0 Å². The molecule has 1 heterocycles. The molecule has 7 heteroatoms. The number of aryl methyl sites for hydroxylation is 1. The summed E-state index contributed by atoms with van der Waals surface area (Å²) < 4.78 is 0. The van der Waals surface area contributed by atoms with E-state index in [1.807, 2.05) is 6.92 Å². The second-order valence-electron chi connectivity index (χ2n) is 9.18. The molecule has 5 rings (SSSR count). The Morgan fingerprint density at radius 2 is 1.67 bits per heavy atom. The summed E-state index contributed by atoms with van der Waals surface area (Å²) in [6.45, 7) is 2.20. The van der Waals surface area contributed by atoms with Crippen molar-refractivity contribution in [3.63, 3.8) is 0 Å². The monoisotopic (exact) mass is 390 g/mol. The molecule has 4 fully saturated rings. The number of aromatic nitrogens is 1. The van der Waals surface area contributed by atoms with Gasteiger partial charge in [0.1, 0.15) is 4.88 Å². The average Bonchev–Trinajstić information content (AvgIpc) is 2.92. The van der Waals surface area contributed by atoms with Gasteiger partial charge in [-0.05, 0) is 70.3 Å². The molecule has 148 valence electrons. The van der Waals surface area contributed by atoms with Gasteiger partial charge in [0.2, 0.25) is 5.91 Å². The highest BCUT2D eigenvalue weighted by Gasteiger charge is 2.52. The van der Waals surface area contributed by atoms with Gasteiger partial charge in [0.15, 0.2) is 5.13 Å². The third-order valence-corrected chi connectivity index (χ3v) is 7.90. The summed E-state index contributed by atoms with van der Waals surface area (Å²) in [7, 11) is 5.56. The number of anilines is 1. The summed E-state index contributed by atoms with van der Waals surface area (Å²) in [5.41, 5.74) is 0.889. The zero-order valence-electron chi connectivity index (χ0n) is 16.7. The third kappa shape index (κ3) is 3.51. The molecule has 0 spiro atoms. The van der Waals surface area contributed by atoms with Crippen LogP contribution in [0.4, 0.5) is 5.13 Å². The van der Waals surface area contributed by atoms with Crippen LogP contribution in [0.3, 0.4) is 0 Å². The first-order valence-corrected chi connectivity index (χ1v) is 10.8. The van der Waals surface area contributed by atoms with Crippen LogP contribution in [-0.4, -0.2) is 59.8 Å². The Labute approximate surface area is 165 Å². The predicted molar refractivity (Wildman–Crippen MR) is 107 cm³/mol. The summed E-state index contributed by atoms with van der Waals surface area (Å²) in [5.74, 6) is 2.48. The lowest BCUT2D eigenvalue weighted by Crippen LogP contribution is -2.59. The molecule has 0 atom stereocenters. The van der Waals surface area contributed by atoms with E-state index in [9.17, 15) is 9.59 Å². The predicted octanol–water partition coefficient (Wildman–Crippen LogP) is 2.99. The summed E-state index contributed by atoms with van der Waals surface area (Å²) >= 11 is 1.26. The molecule has 2 amide bonds. The quantitative estimate of drug-likeness (QED) is 0.839. The number of thiazole rings is 1. The van der Waals surface area contributed by atoms with Crippen molar-refractivity contribution in [3.8, 4) is 0 Å². The van der Waals surface area contributed by atoms with Crippen LogP contribution in [0, 0.1) is 24.7 Å². The smallest absolute Gasteiger partial charge is 0.265 e. The van der Waals surface area contributed by atoms with Crippen LogP contribution in [0.2, 0.25) is 0 Å². The van der Waals surface area contributed by atoms with Crippen molar-refractivity contribution in [2.45, 2.75) is 51.0 Å². The minimum absolute atomic E-state index is 0.0363. The largest absolute Gasteiger partial charge is 0.344 e. The fourth-order valence-corrected chi connectivity index (χ4v) is 6.93. The molecule has 1 N–H and O–H groups in total. The zero-order chi connectivity index (χ0) is 19.3. The van der Waals surface area contributed by atoms with Crippen molar-refractivity contribution in [2.75, 3.05) is 33.0 Å². The molecule has 4 saturated carbocycles. The maximum absolute atomic E-state index is 12.7. The Bertz CT molecular complexity index is 722. The van der Waals surface area contributed by atoms with E-state index in [1.165, 1.54) is 54.8 Å². The number of amides is 2. The number of hydrogen-bond donors (Lipinski definition) is 1. The van der Waals surface area contributed by atoms with Crippen molar-refractivity contribution >= 4 is 28.3 Å². The Balaban J connectivity index is 1.40. The summed E-state index contributed by atoms with van der Waals surface area (Å²) in [6, 6.07) is 0. The Hall–Kier alpha value is -1.47. The van der Waals surface area contributed by atoms with Gasteiger partial charge in [-0.3, -0.25) is 14.5 Å². The lowest BCUT2D eigenvalue weighted by atomic mass is 9.52. The Morgan fingerprint density at radius 1 is 1.11 bits per heavy atom. The van der Waals surface area contributed by atoms with Crippen LogP contribution in [0.1, 0.15) is 53.9 Å². The van der Waals surface area contributed by atoms with Crippen LogP contribution < -0.4 is 5.32 Å². The Kier molecular flexibility index (Phi) is 4.79. The van der Waals surface area contributed by atoms with Gasteiger partial charge in [0.25, 0.3) is 5.91 Å². The van der Waals surface area contributed by atoms with E-state index in [0.29, 0.717) is 22.2 Å². The van der Waals surface area contributed by atoms with Crippen LogP contribution in [0.5, 0.6) is 0 Å². The average molecular weight is 391 g/mol. The zero-order valence-corrected chi connectivity index (χ0v) is 17.6. The highest BCUT2D eigenvalue weighted by atomic mass is 32.1. The lowest BCUT2D eigenvalue weighted by Gasteiger charge is -2.59. The van der Waals surface area contributed by atoms with Crippen molar-refractivity contribution < 1.29 is 9.59 Å². The molecule has 1 aromatic heterocycles. The minimum atomic E-state index is -0.0730. The fraction of sp³-hybridized carbons (Fsp3) is 0.750. The molecule has 4 bridgehead atoms. The van der Waals surface area contributed by atoms with Gasteiger partial charge < -0.3 is 10.2 Å². The maximum Gasteiger partial charge on any atom is 0.265 e. The standard InChI is InChI=1S/C20H30N4O2S/c1-12-17(18(26)23(2)3)27-19(21-12)22-16(25)11-24(4)20-8-13-5-14(9-20)7-15(6-13)10-20/h13-15H,5-11H2,1-4H3,(H,21,22,25). The SMILES string of the molecule is Cc1nc(NC(=O)CN(C)C23CC4CC(CC(C4)C2)C3)sc1C(=O)N(C)C. The third-order valence-electron chi connectivity index (χ3n) is 6.84. The number of nitrogens with zero attached hydrogens (tertiary/aromatic N) is 3. The van der Waals surface area contributed by atoms with Crippen LogP contribution >= 0.6 is 11.3 Å². The van der Waals surface area contributed by atoms with E-state index in [-0.39, 0.29) is 17.4 Å². The maximum atomic E-state index is 12.7. The van der Waals surface area contributed by atoms with Gasteiger partial charge in [0, 0.05) is 19.6 Å². The van der Waals surface area contributed by atoms with E-state index in [1.54, 1.807) is 14.1 Å². The molecule has 4 aliphatic rings. The topological polar surface area (TPSA) is 65.5 Å². The number of carbonyl (C=O) groups excluding carboxylic acids is 2. The first-order chi connectivity index (χ1) is 12.8. The number of carbonyl (C=O) groups is 2. The van der Waals surface area contributed by atoms with Gasteiger partial charge in [-0.1, -0.05) is 11.3 Å². The summed E-state index contributed by atoms with van der Waals surface area (Å²) in [4.78, 5) is 33.6. The van der Waals surface area contributed by atoms with Gasteiger partial charge in [-0.15, -0.1) is 0 Å². The van der Waals surface area contributed by atoms with E-state index >= 15 is 0 Å². The van der Waals surface area contributed by atoms with Crippen molar-refractivity contribution in [1.29, 1.82) is 0 Å². The molecule has 0 saturated heterocycles. The second kappa shape index (κ2) is 6.85. The summed E-state index contributed by atoms with van der Waals surface area (Å²) in [6.07, 6.45) is 7.96. The number of hydrogen-bond acceptors (Lipinski definition) is 5. The van der Waals surface area contributed by atoms with E-state index in [0.717, 1.165) is 17.8 Å². The van der Waals surface area contributed by atoms with Crippen LogP contribution in [-0.2, 0) is 4.79 Å². The number of rotatable bonds is 5. The van der Waals surface area contributed by atoms with E-state index in [2.05, 4.69) is 22.2 Å². The molecule has 0 unspecified atom stereocenters. The molecule has 1 aromatic rings. The first-order valence-electron chi connectivity index (χ1n) is 9.96. The number of likely N-dealkylation sites (N-methyl/N-ethyl adjacent to an activating group) is 1. The Morgan fingerprint density at radius 3 is 2.19 bits per heavy atom. The fourth-order valence-electron chi connectivity index (χ4n) is 5.93. The second-order valence-corrected chi connectivity index (χ2v) is 10.2. The molecule has 0 radical (unpaired) electrons. The lowest BCUT2D eigenvalue weighted by molar-refractivity contribution is -0.123. The van der Waals surface area contributed by atoms with Gasteiger partial charge in [-0.25, -0.2) is 4.98 Å². The normalized spacial score (nSPS) is 31.4. The first kappa shape index (κ1) is 18.9. The van der Waals surface area contributed by atoms with Crippen molar-refractivity contribution in [1.82, 2.24) is 14.8 Å². The van der Waals surface area contributed by atoms with Crippen molar-refractivity contribution in [3.05, 3.63) is 10.6 Å². The molecule has 27 heavy (non-hydrogen) atoms. The highest BCUT2D eigenvalue weighted by Crippen LogP contribution is 2.57. The van der Waals surface area contributed by atoms with Crippen molar-refractivity contribution in [2.24, 2.45) is 17.8 Å². The molecule has 0 aliphatic heterocycles. The van der Waals surface area contributed by atoms with Gasteiger partial charge in [-0.2, -0.15) is 0 Å². The van der Waals surface area contributed by atoms with Crippen LogP contribution in [0.15, 0.2) is 0 Å². The highest BCUT2D eigenvalue weighted by molar-refractivity contribution is 7.17. The molecular formula is C20H30N4O2S. The summed E-state index contributed by atoms with van der Waals surface area (Å²) in [5, 5.41) is 3.43. The molecule has 6 nitrogen and oxygen atoms in total. The molecule has 4 aliphatic carbocycles. The molecule has 0 aromatic carbocycles. The van der Waals surface area contributed by atoms with E-state index in [4.69, 9.17) is 0 Å². The minimum Gasteiger partial charge on any atom is -0.344 e. The van der Waals surface area contributed by atoms with Crippen LogP contribution in [0.25, 0.3) is 0 Å². The molecular weight excluding hydrogens is 360 g/mol. The number of nitrogens with one attached hydrogen (secondary N) is 1. The van der Waals surface area contributed by atoms with Gasteiger partial charge in [0.05, 0.1) is 12.2 Å².